The second-order valence-corrected chi connectivity index (χ2v) is 9.22. The second kappa shape index (κ2) is 7.72. The summed E-state index contributed by atoms with van der Waals surface area (Å²) in [6.45, 7) is 4.72. The number of hydrogen-bond donors (Lipinski definition) is 2. The topological polar surface area (TPSA) is 85.1 Å². The molecule has 0 atom stereocenters. The summed E-state index contributed by atoms with van der Waals surface area (Å²) in [5.74, 6) is 0.116. The van der Waals surface area contributed by atoms with E-state index in [0.29, 0.717) is 24.5 Å². The molecule has 0 bridgehead atoms. The van der Waals surface area contributed by atoms with Gasteiger partial charge in [0.15, 0.2) is 10.9 Å². The molecule has 3 N–H and O–H groups in total. The van der Waals surface area contributed by atoms with E-state index < -0.39 is 0 Å². The third kappa shape index (κ3) is 4.60. The molecule has 2 aliphatic carbocycles. The van der Waals surface area contributed by atoms with Crippen molar-refractivity contribution in [1.29, 1.82) is 0 Å². The van der Waals surface area contributed by atoms with Crippen molar-refractivity contribution in [2.75, 3.05) is 11.9 Å². The highest BCUT2D eigenvalue weighted by Crippen LogP contribution is 2.40. The Hall–Kier alpha value is -0.980. The monoisotopic (exact) mass is 385 g/mol. The van der Waals surface area contributed by atoms with Gasteiger partial charge in [0.1, 0.15) is 0 Å². The minimum absolute atomic E-state index is 0. The molecule has 1 amide bonds. The van der Waals surface area contributed by atoms with Crippen molar-refractivity contribution in [3.05, 3.63) is 10.6 Å². The van der Waals surface area contributed by atoms with Crippen LogP contribution in [0.4, 0.5) is 5.13 Å². The van der Waals surface area contributed by atoms with E-state index in [1.54, 1.807) is 0 Å². The Kier molecular flexibility index (Phi) is 6.28. The van der Waals surface area contributed by atoms with Gasteiger partial charge in [-0.3, -0.25) is 9.59 Å². The molecule has 3 rings (SSSR count). The van der Waals surface area contributed by atoms with Gasteiger partial charge in [0.2, 0.25) is 5.91 Å². The lowest BCUT2D eigenvalue weighted by Crippen LogP contribution is -2.36. The highest BCUT2D eigenvalue weighted by Gasteiger charge is 2.35. The van der Waals surface area contributed by atoms with Gasteiger partial charge in [0, 0.05) is 12.8 Å². The predicted molar refractivity (Wildman–Crippen MR) is 104 cm³/mol. The van der Waals surface area contributed by atoms with Gasteiger partial charge in [-0.25, -0.2) is 4.98 Å². The summed E-state index contributed by atoms with van der Waals surface area (Å²) in [6, 6.07) is 0. The van der Waals surface area contributed by atoms with Crippen LogP contribution >= 0.6 is 23.7 Å². The zero-order valence-corrected chi connectivity index (χ0v) is 16.7. The number of nitrogens with one attached hydrogen (secondary N) is 1. The Morgan fingerprint density at radius 2 is 1.92 bits per heavy atom. The Balaban J connectivity index is 0.00000225. The number of rotatable bonds is 4. The van der Waals surface area contributed by atoms with Crippen molar-refractivity contribution in [1.82, 2.24) is 4.98 Å². The molecule has 0 saturated heterocycles. The van der Waals surface area contributed by atoms with Crippen LogP contribution < -0.4 is 11.1 Å². The van der Waals surface area contributed by atoms with Crippen molar-refractivity contribution in [3.8, 4) is 0 Å². The van der Waals surface area contributed by atoms with Crippen LogP contribution in [-0.2, 0) is 11.2 Å². The van der Waals surface area contributed by atoms with Gasteiger partial charge in [0.25, 0.3) is 0 Å². The molecule has 0 radical (unpaired) electrons. The number of nitrogens with zero attached hydrogens (tertiary/aromatic N) is 1. The summed E-state index contributed by atoms with van der Waals surface area (Å²) >= 11 is 1.32. The molecule has 140 valence electrons. The van der Waals surface area contributed by atoms with Crippen LogP contribution in [-0.4, -0.2) is 23.2 Å². The summed E-state index contributed by atoms with van der Waals surface area (Å²) < 4.78 is 0. The molecule has 0 aliphatic heterocycles. The fourth-order valence-electron chi connectivity index (χ4n) is 4.03. The molecule has 1 saturated carbocycles. The first-order chi connectivity index (χ1) is 11.3. The number of aromatic nitrogens is 1. The Bertz CT molecular complexity index is 651. The van der Waals surface area contributed by atoms with Crippen LogP contribution in [0, 0.1) is 10.8 Å². The summed E-state index contributed by atoms with van der Waals surface area (Å²) in [4.78, 5) is 30.0. The largest absolute Gasteiger partial charge is 0.330 e. The van der Waals surface area contributed by atoms with Gasteiger partial charge in [-0.15, -0.1) is 12.4 Å². The Morgan fingerprint density at radius 1 is 1.24 bits per heavy atom. The molecule has 25 heavy (non-hydrogen) atoms. The zero-order chi connectivity index (χ0) is 17.4. The SMILES string of the molecule is CC1(C)CC(=O)c2sc(NC(=O)CC3(CN)CCCCC3)nc2C1.Cl. The van der Waals surface area contributed by atoms with E-state index in [4.69, 9.17) is 5.73 Å². The van der Waals surface area contributed by atoms with Gasteiger partial charge in [0.05, 0.1) is 10.6 Å². The summed E-state index contributed by atoms with van der Waals surface area (Å²) in [5, 5.41) is 3.47. The normalized spacial score (nSPS) is 21.2. The Labute approximate surface area is 159 Å². The number of anilines is 1. The number of fused-ring (bicyclic) bond motifs is 1. The standard InChI is InChI=1S/C18H27N3O2S.ClH/c1-17(2)8-12-15(13(22)9-17)24-16(20-12)21-14(23)10-18(11-19)6-4-3-5-7-18;/h3-11,19H2,1-2H3,(H,20,21,23);1H. The molecule has 2 aliphatic rings. The van der Waals surface area contributed by atoms with Crippen molar-refractivity contribution in [3.63, 3.8) is 0 Å². The molecule has 1 heterocycles. The maximum Gasteiger partial charge on any atom is 0.226 e. The first-order valence-electron chi connectivity index (χ1n) is 8.85. The van der Waals surface area contributed by atoms with E-state index in [-0.39, 0.29) is 34.9 Å². The van der Waals surface area contributed by atoms with Crippen LogP contribution in [0.15, 0.2) is 0 Å². The lowest BCUT2D eigenvalue weighted by atomic mass is 9.72. The molecular formula is C18H28ClN3O2S. The minimum Gasteiger partial charge on any atom is -0.330 e. The molecule has 7 heteroatoms. The first-order valence-corrected chi connectivity index (χ1v) is 9.67. The lowest BCUT2D eigenvalue weighted by Gasteiger charge is -2.35. The van der Waals surface area contributed by atoms with Crippen LogP contribution in [0.5, 0.6) is 0 Å². The number of Topliss-reactive ketones (excluding diaryl/α,β-unsaturated/α-hetero) is 1. The van der Waals surface area contributed by atoms with E-state index in [9.17, 15) is 9.59 Å². The number of thiazole rings is 1. The molecule has 5 nitrogen and oxygen atoms in total. The third-order valence-electron chi connectivity index (χ3n) is 5.36. The van der Waals surface area contributed by atoms with Gasteiger partial charge in [-0.2, -0.15) is 0 Å². The van der Waals surface area contributed by atoms with Crippen LogP contribution in [0.3, 0.4) is 0 Å². The number of carbonyl (C=O) groups excluding carboxylic acids is 2. The molecule has 1 aromatic rings. The van der Waals surface area contributed by atoms with Crippen molar-refractivity contribution >= 4 is 40.6 Å². The second-order valence-electron chi connectivity index (χ2n) is 8.23. The van der Waals surface area contributed by atoms with Crippen molar-refractivity contribution < 1.29 is 9.59 Å². The number of carbonyl (C=O) groups is 2. The summed E-state index contributed by atoms with van der Waals surface area (Å²) in [5.41, 5.74) is 6.70. The van der Waals surface area contributed by atoms with E-state index in [1.807, 2.05) is 0 Å². The average molecular weight is 386 g/mol. The molecule has 0 unspecified atom stereocenters. The number of hydrogen-bond acceptors (Lipinski definition) is 5. The summed E-state index contributed by atoms with van der Waals surface area (Å²) in [7, 11) is 0. The fourth-order valence-corrected chi connectivity index (χ4v) is 4.97. The third-order valence-corrected chi connectivity index (χ3v) is 6.42. The van der Waals surface area contributed by atoms with Crippen LogP contribution in [0.25, 0.3) is 0 Å². The van der Waals surface area contributed by atoms with E-state index in [1.165, 1.54) is 17.8 Å². The lowest BCUT2D eigenvalue weighted by molar-refractivity contribution is -0.118. The molecule has 0 spiro atoms. The highest BCUT2D eigenvalue weighted by atomic mass is 35.5. The number of amides is 1. The van der Waals surface area contributed by atoms with Gasteiger partial charge < -0.3 is 11.1 Å². The average Bonchev–Trinajstić information content (AvgIpc) is 2.89. The number of ketones is 1. The van der Waals surface area contributed by atoms with E-state index in [2.05, 4.69) is 24.1 Å². The minimum atomic E-state index is -0.0585. The molecule has 0 aromatic carbocycles. The highest BCUT2D eigenvalue weighted by molar-refractivity contribution is 7.17. The smallest absolute Gasteiger partial charge is 0.226 e. The van der Waals surface area contributed by atoms with Gasteiger partial charge in [-0.05, 0) is 36.6 Å². The first kappa shape index (κ1) is 20.3. The van der Waals surface area contributed by atoms with E-state index >= 15 is 0 Å². The molecule has 1 fully saturated rings. The van der Waals surface area contributed by atoms with E-state index in [0.717, 1.165) is 42.7 Å². The number of halogens is 1. The summed E-state index contributed by atoms with van der Waals surface area (Å²) in [6.07, 6.45) is 7.38. The van der Waals surface area contributed by atoms with Crippen molar-refractivity contribution in [2.45, 2.75) is 65.2 Å². The fraction of sp³-hybridized carbons (Fsp3) is 0.722. The quantitative estimate of drug-likeness (QED) is 0.821. The maximum absolute atomic E-state index is 12.5. The molecule has 1 aromatic heterocycles. The predicted octanol–water partition coefficient (Wildman–Crippen LogP) is 3.96. The zero-order valence-electron chi connectivity index (χ0n) is 15.0. The number of nitrogens with two attached hydrogens (primary N) is 1. The van der Waals surface area contributed by atoms with Gasteiger partial charge in [-0.1, -0.05) is 44.4 Å². The Morgan fingerprint density at radius 3 is 2.56 bits per heavy atom. The van der Waals surface area contributed by atoms with Crippen molar-refractivity contribution in [2.24, 2.45) is 16.6 Å². The van der Waals surface area contributed by atoms with Crippen LogP contribution in [0.2, 0.25) is 0 Å². The molecular weight excluding hydrogens is 358 g/mol. The van der Waals surface area contributed by atoms with Crippen LogP contribution in [0.1, 0.15) is 74.2 Å². The van der Waals surface area contributed by atoms with Gasteiger partial charge >= 0.3 is 0 Å². The maximum atomic E-state index is 12.5.